The minimum absolute atomic E-state index is 0.112. The number of hydrogen-bond acceptors (Lipinski definition) is 4. The topological polar surface area (TPSA) is 93.2 Å². The van der Waals surface area contributed by atoms with Crippen LogP contribution in [0.25, 0.3) is 11.0 Å². The van der Waals surface area contributed by atoms with Crippen LogP contribution < -0.4 is 16.1 Å². The zero-order valence-corrected chi connectivity index (χ0v) is 13.3. The number of piperidine rings is 1. The van der Waals surface area contributed by atoms with Gasteiger partial charge in [-0.15, -0.1) is 0 Å². The van der Waals surface area contributed by atoms with Crippen LogP contribution in [0.1, 0.15) is 18.9 Å². The van der Waals surface area contributed by atoms with Crippen molar-refractivity contribution in [3.8, 4) is 0 Å². The van der Waals surface area contributed by atoms with Crippen LogP contribution in [0.15, 0.2) is 23.0 Å². The number of amides is 1. The summed E-state index contributed by atoms with van der Waals surface area (Å²) in [5.74, 6) is 0. The molecule has 0 spiro atoms. The predicted octanol–water partition coefficient (Wildman–Crippen LogP) is 0.553. The van der Waals surface area contributed by atoms with Crippen LogP contribution in [0, 0.1) is 0 Å². The first kappa shape index (κ1) is 15.9. The highest BCUT2D eigenvalue weighted by Gasteiger charge is 2.23. The second-order valence-electron chi connectivity index (χ2n) is 5.75. The van der Waals surface area contributed by atoms with Crippen LogP contribution in [-0.2, 0) is 0 Å². The Hall–Kier alpha value is -1.99. The van der Waals surface area contributed by atoms with Crippen LogP contribution >= 0.6 is 11.6 Å². The summed E-state index contributed by atoms with van der Waals surface area (Å²) in [7, 11) is 0. The highest BCUT2D eigenvalue weighted by molar-refractivity contribution is 6.31. The fourth-order valence-electron chi connectivity index (χ4n) is 3.18. The third kappa shape index (κ3) is 3.51. The summed E-state index contributed by atoms with van der Waals surface area (Å²) in [5.41, 5.74) is 1.51. The van der Waals surface area contributed by atoms with Crippen molar-refractivity contribution >= 4 is 28.7 Å². The Labute approximate surface area is 137 Å². The first-order valence-corrected chi connectivity index (χ1v) is 7.99. The van der Waals surface area contributed by atoms with Gasteiger partial charge in [-0.25, -0.2) is 4.79 Å². The third-order valence-electron chi connectivity index (χ3n) is 4.30. The van der Waals surface area contributed by atoms with E-state index in [1.165, 1.54) is 0 Å². The zero-order valence-electron chi connectivity index (χ0n) is 12.5. The lowest BCUT2D eigenvalue weighted by atomic mass is 10.0. The smallest absolute Gasteiger partial charge is 0.326 e. The number of nitrogens with zero attached hydrogens (tertiary/aromatic N) is 2. The molecule has 1 aliphatic heterocycles. The first-order valence-electron chi connectivity index (χ1n) is 7.61. The van der Waals surface area contributed by atoms with Gasteiger partial charge in [0.1, 0.15) is 6.09 Å². The number of carbonyl (C=O) groups excluding carboxylic acids is 1. The van der Waals surface area contributed by atoms with Gasteiger partial charge in [-0.3, -0.25) is 4.57 Å². The molecule has 0 aliphatic carbocycles. The second kappa shape index (κ2) is 6.64. The Balaban J connectivity index is 1.67. The molecule has 1 aromatic heterocycles. The molecule has 124 valence electrons. The van der Waals surface area contributed by atoms with Crippen molar-refractivity contribution < 1.29 is 9.90 Å². The molecule has 1 aliphatic rings. The summed E-state index contributed by atoms with van der Waals surface area (Å²) >= 11 is 5.97. The fourth-order valence-corrected chi connectivity index (χ4v) is 3.36. The number of halogens is 1. The Kier molecular flexibility index (Phi) is 4.58. The van der Waals surface area contributed by atoms with Gasteiger partial charge in [0.2, 0.25) is 0 Å². The van der Waals surface area contributed by atoms with Gasteiger partial charge in [0, 0.05) is 37.2 Å². The lowest BCUT2D eigenvalue weighted by molar-refractivity contribution is -0.250. The van der Waals surface area contributed by atoms with Crippen molar-refractivity contribution in [1.29, 1.82) is 0 Å². The molecule has 0 bridgehead atoms. The molecule has 1 fully saturated rings. The standard InChI is InChI=1S/C15H19ClN4O3/c16-10-1-2-13-12(9-10)18-14(21)20(13)11-3-6-19(7-4-11)8-5-17-15(22)23/h1-2,9,11,17H,3-8H2,(H,18,21)(H,22,23)/p-1. The van der Waals surface area contributed by atoms with Crippen LogP contribution in [0.2, 0.25) is 5.02 Å². The van der Waals surface area contributed by atoms with Crippen molar-refractivity contribution in [3.63, 3.8) is 0 Å². The number of aromatic amines is 1. The average Bonchev–Trinajstić information content (AvgIpc) is 2.82. The first-order chi connectivity index (χ1) is 11.0. The van der Waals surface area contributed by atoms with E-state index in [-0.39, 0.29) is 11.7 Å². The van der Waals surface area contributed by atoms with E-state index < -0.39 is 6.09 Å². The number of benzene rings is 1. The summed E-state index contributed by atoms with van der Waals surface area (Å²) in [5, 5.41) is 13.2. The van der Waals surface area contributed by atoms with E-state index in [0.717, 1.165) is 37.0 Å². The minimum Gasteiger partial charge on any atom is -0.530 e. The van der Waals surface area contributed by atoms with Gasteiger partial charge in [-0.05, 0) is 31.0 Å². The number of hydrogen-bond donors (Lipinski definition) is 2. The molecule has 2 aromatic rings. The molecule has 0 saturated carbocycles. The zero-order chi connectivity index (χ0) is 16.4. The van der Waals surface area contributed by atoms with E-state index in [1.807, 2.05) is 10.6 Å². The normalized spacial score (nSPS) is 16.7. The Morgan fingerprint density at radius 2 is 2.13 bits per heavy atom. The summed E-state index contributed by atoms with van der Waals surface area (Å²) in [6.45, 7) is 2.66. The monoisotopic (exact) mass is 337 g/mol. The highest BCUT2D eigenvalue weighted by Crippen LogP contribution is 2.25. The minimum atomic E-state index is -1.25. The lowest BCUT2D eigenvalue weighted by Gasteiger charge is -2.32. The van der Waals surface area contributed by atoms with E-state index in [0.29, 0.717) is 18.1 Å². The number of aromatic nitrogens is 2. The Morgan fingerprint density at radius 3 is 2.83 bits per heavy atom. The van der Waals surface area contributed by atoms with E-state index >= 15 is 0 Å². The molecule has 2 heterocycles. The SMILES string of the molecule is O=C([O-])NCCN1CCC(n2c(=O)[nH]c3cc(Cl)ccc32)CC1. The molecule has 8 heteroatoms. The van der Waals surface area contributed by atoms with Gasteiger partial charge in [0.25, 0.3) is 0 Å². The van der Waals surface area contributed by atoms with E-state index in [2.05, 4.69) is 15.2 Å². The molecular weight excluding hydrogens is 320 g/mol. The molecule has 1 saturated heterocycles. The van der Waals surface area contributed by atoms with Gasteiger partial charge < -0.3 is 25.1 Å². The molecule has 23 heavy (non-hydrogen) atoms. The fraction of sp³-hybridized carbons (Fsp3) is 0.467. The van der Waals surface area contributed by atoms with Gasteiger partial charge in [0.15, 0.2) is 0 Å². The number of H-pyrrole nitrogens is 1. The maximum absolute atomic E-state index is 12.2. The van der Waals surface area contributed by atoms with Crippen LogP contribution in [0.5, 0.6) is 0 Å². The van der Waals surface area contributed by atoms with Gasteiger partial charge in [-0.2, -0.15) is 0 Å². The van der Waals surface area contributed by atoms with Gasteiger partial charge in [-0.1, -0.05) is 11.6 Å². The van der Waals surface area contributed by atoms with E-state index in [1.54, 1.807) is 12.1 Å². The van der Waals surface area contributed by atoms with Crippen molar-refractivity contribution in [1.82, 2.24) is 19.8 Å². The molecule has 0 atom stereocenters. The predicted molar refractivity (Wildman–Crippen MR) is 85.7 cm³/mol. The number of imidazole rings is 1. The van der Waals surface area contributed by atoms with Crippen LogP contribution in [0.3, 0.4) is 0 Å². The number of fused-ring (bicyclic) bond motifs is 1. The molecule has 1 aromatic carbocycles. The third-order valence-corrected chi connectivity index (χ3v) is 4.53. The number of likely N-dealkylation sites (tertiary alicyclic amines) is 1. The molecule has 7 nitrogen and oxygen atoms in total. The summed E-state index contributed by atoms with van der Waals surface area (Å²) < 4.78 is 1.81. The molecule has 1 amide bonds. The Morgan fingerprint density at radius 1 is 1.39 bits per heavy atom. The number of carbonyl (C=O) groups is 1. The summed E-state index contributed by atoms with van der Waals surface area (Å²) in [6, 6.07) is 5.55. The number of nitrogens with one attached hydrogen (secondary N) is 2. The quantitative estimate of drug-likeness (QED) is 0.852. The lowest BCUT2D eigenvalue weighted by Crippen LogP contribution is -2.44. The van der Waals surface area contributed by atoms with Crippen molar-refractivity contribution in [2.45, 2.75) is 18.9 Å². The van der Waals surface area contributed by atoms with Gasteiger partial charge >= 0.3 is 5.69 Å². The van der Waals surface area contributed by atoms with E-state index in [4.69, 9.17) is 11.6 Å². The molecular formula is C15H18ClN4O3-. The van der Waals surface area contributed by atoms with Crippen LogP contribution in [-0.4, -0.2) is 46.7 Å². The van der Waals surface area contributed by atoms with Crippen molar-refractivity contribution in [2.75, 3.05) is 26.2 Å². The number of rotatable bonds is 4. The maximum atomic E-state index is 12.2. The molecule has 3 rings (SSSR count). The van der Waals surface area contributed by atoms with Gasteiger partial charge in [0.05, 0.1) is 11.0 Å². The van der Waals surface area contributed by atoms with E-state index in [9.17, 15) is 14.7 Å². The largest absolute Gasteiger partial charge is 0.530 e. The average molecular weight is 338 g/mol. The second-order valence-corrected chi connectivity index (χ2v) is 6.19. The molecule has 2 N–H and O–H groups in total. The van der Waals surface area contributed by atoms with Crippen molar-refractivity contribution in [3.05, 3.63) is 33.7 Å². The highest BCUT2D eigenvalue weighted by atomic mass is 35.5. The Bertz CT molecular complexity index is 762. The maximum Gasteiger partial charge on any atom is 0.326 e. The number of carboxylic acid groups (broad SMARTS) is 1. The van der Waals surface area contributed by atoms with Crippen molar-refractivity contribution in [2.24, 2.45) is 0 Å². The summed E-state index contributed by atoms with van der Waals surface area (Å²) in [6.07, 6.45) is 0.450. The molecule has 0 unspecified atom stereocenters. The van der Waals surface area contributed by atoms with Crippen LogP contribution in [0.4, 0.5) is 4.79 Å². The molecule has 0 radical (unpaired) electrons. The summed E-state index contributed by atoms with van der Waals surface area (Å²) in [4.78, 5) is 27.6.